The molecule has 0 amide bonds. The lowest BCUT2D eigenvalue weighted by atomic mass is 9.85. The lowest BCUT2D eigenvalue weighted by Gasteiger charge is -2.40. The minimum absolute atomic E-state index is 0.186. The highest BCUT2D eigenvalue weighted by molar-refractivity contribution is 5.66. The monoisotopic (exact) mass is 379 g/mol. The largest absolute Gasteiger partial charge is 0.496 e. The smallest absolute Gasteiger partial charge is 0.123 e. The molecule has 1 aliphatic heterocycles. The zero-order chi connectivity index (χ0) is 19.1. The molecule has 3 heteroatoms. The molecule has 0 N–H and O–H groups in total. The summed E-state index contributed by atoms with van der Waals surface area (Å²) in [5.41, 5.74) is 3.30. The van der Waals surface area contributed by atoms with Gasteiger partial charge in [0.25, 0.3) is 0 Å². The van der Waals surface area contributed by atoms with Crippen LogP contribution in [0.2, 0.25) is 0 Å². The molecular weight excluding hydrogens is 349 g/mol. The van der Waals surface area contributed by atoms with E-state index < -0.39 is 0 Å². The van der Waals surface area contributed by atoms with Gasteiger partial charge in [-0.1, -0.05) is 24.6 Å². The fourth-order valence-electron chi connectivity index (χ4n) is 6.10. The molecule has 0 aromatic heterocycles. The Morgan fingerprint density at radius 1 is 0.929 bits per heavy atom. The van der Waals surface area contributed by atoms with Crippen LogP contribution in [0.1, 0.15) is 50.0 Å². The third-order valence-electron chi connectivity index (χ3n) is 7.53. The highest BCUT2D eigenvalue weighted by Gasteiger charge is 2.43. The Kier molecular flexibility index (Phi) is 4.88. The Labute approximate surface area is 167 Å². The Morgan fingerprint density at radius 3 is 2.43 bits per heavy atom. The van der Waals surface area contributed by atoms with E-state index in [2.05, 4.69) is 17.0 Å². The SMILES string of the molecule is COc1ccc(-c2cccc(F)c2)cc1C1CCN([C@@H]2C[C@H]3CCC2C3)CC1. The summed E-state index contributed by atoms with van der Waals surface area (Å²) in [6.07, 6.45) is 8.23. The highest BCUT2D eigenvalue weighted by atomic mass is 19.1. The molecule has 2 saturated carbocycles. The molecule has 1 heterocycles. The average molecular weight is 380 g/mol. The normalized spacial score (nSPS) is 28.0. The van der Waals surface area contributed by atoms with Crippen LogP contribution in [-0.4, -0.2) is 31.1 Å². The van der Waals surface area contributed by atoms with E-state index in [-0.39, 0.29) is 5.82 Å². The first-order valence-electron chi connectivity index (χ1n) is 10.9. The molecule has 2 bridgehead atoms. The highest BCUT2D eigenvalue weighted by Crippen LogP contribution is 2.48. The van der Waals surface area contributed by atoms with E-state index in [0.717, 1.165) is 34.8 Å². The van der Waals surface area contributed by atoms with Gasteiger partial charge in [-0.3, -0.25) is 0 Å². The number of nitrogens with zero attached hydrogens (tertiary/aromatic N) is 1. The van der Waals surface area contributed by atoms with Crippen molar-refractivity contribution in [2.75, 3.05) is 20.2 Å². The number of hydrogen-bond donors (Lipinski definition) is 0. The van der Waals surface area contributed by atoms with Crippen molar-refractivity contribution in [1.29, 1.82) is 0 Å². The first kappa shape index (κ1) is 18.2. The molecule has 2 nitrogen and oxygen atoms in total. The molecule has 1 unspecified atom stereocenters. The minimum atomic E-state index is -0.186. The van der Waals surface area contributed by atoms with E-state index in [4.69, 9.17) is 4.74 Å². The van der Waals surface area contributed by atoms with Crippen molar-refractivity contribution in [3.05, 3.63) is 53.8 Å². The molecule has 2 aliphatic carbocycles. The fraction of sp³-hybridized carbons (Fsp3) is 0.520. The van der Waals surface area contributed by atoms with Crippen LogP contribution in [0, 0.1) is 17.7 Å². The minimum Gasteiger partial charge on any atom is -0.496 e. The molecule has 1 saturated heterocycles. The second kappa shape index (κ2) is 7.51. The van der Waals surface area contributed by atoms with Crippen molar-refractivity contribution in [3.63, 3.8) is 0 Å². The summed E-state index contributed by atoms with van der Waals surface area (Å²) >= 11 is 0. The van der Waals surface area contributed by atoms with Crippen LogP contribution in [0.4, 0.5) is 4.39 Å². The predicted octanol–water partition coefficient (Wildman–Crippen LogP) is 5.87. The van der Waals surface area contributed by atoms with Crippen molar-refractivity contribution >= 4 is 0 Å². The summed E-state index contributed by atoms with van der Waals surface area (Å²) in [5, 5.41) is 0. The third kappa shape index (κ3) is 3.34. The van der Waals surface area contributed by atoms with E-state index in [1.54, 1.807) is 19.2 Å². The number of rotatable bonds is 4. The summed E-state index contributed by atoms with van der Waals surface area (Å²) in [5.74, 6) is 3.29. The zero-order valence-corrected chi connectivity index (χ0v) is 16.7. The van der Waals surface area contributed by atoms with Crippen molar-refractivity contribution in [2.45, 2.75) is 50.5 Å². The third-order valence-corrected chi connectivity index (χ3v) is 7.53. The van der Waals surface area contributed by atoms with E-state index in [1.165, 1.54) is 63.2 Å². The molecule has 148 valence electrons. The van der Waals surface area contributed by atoms with E-state index in [0.29, 0.717) is 5.92 Å². The molecular formula is C25H30FNO. The van der Waals surface area contributed by atoms with Crippen molar-refractivity contribution in [3.8, 4) is 16.9 Å². The summed E-state index contributed by atoms with van der Waals surface area (Å²) in [6, 6.07) is 14.0. The van der Waals surface area contributed by atoms with Gasteiger partial charge in [-0.25, -0.2) is 4.39 Å². The van der Waals surface area contributed by atoms with Gasteiger partial charge in [0.05, 0.1) is 7.11 Å². The van der Waals surface area contributed by atoms with Gasteiger partial charge in [0.1, 0.15) is 11.6 Å². The first-order chi connectivity index (χ1) is 13.7. The van der Waals surface area contributed by atoms with Crippen LogP contribution >= 0.6 is 0 Å². The van der Waals surface area contributed by atoms with Gasteiger partial charge < -0.3 is 9.64 Å². The molecule has 3 aliphatic rings. The maximum Gasteiger partial charge on any atom is 0.123 e. The van der Waals surface area contributed by atoms with Crippen LogP contribution in [0.3, 0.4) is 0 Å². The molecule has 0 radical (unpaired) electrons. The van der Waals surface area contributed by atoms with Gasteiger partial charge in [-0.15, -0.1) is 0 Å². The lowest BCUT2D eigenvalue weighted by molar-refractivity contribution is 0.110. The average Bonchev–Trinajstić information content (AvgIpc) is 3.37. The summed E-state index contributed by atoms with van der Waals surface area (Å²) in [6.45, 7) is 2.40. The molecule has 3 fully saturated rings. The van der Waals surface area contributed by atoms with Gasteiger partial charge in [-0.05, 0) is 104 Å². The number of methoxy groups -OCH3 is 1. The maximum absolute atomic E-state index is 13.7. The van der Waals surface area contributed by atoms with E-state index in [1.807, 2.05) is 12.1 Å². The second-order valence-electron chi connectivity index (χ2n) is 9.02. The number of benzene rings is 2. The first-order valence-corrected chi connectivity index (χ1v) is 10.9. The van der Waals surface area contributed by atoms with Crippen LogP contribution in [0.15, 0.2) is 42.5 Å². The number of likely N-dealkylation sites (tertiary alicyclic amines) is 1. The Morgan fingerprint density at radius 2 is 1.75 bits per heavy atom. The van der Waals surface area contributed by atoms with Crippen LogP contribution in [0.5, 0.6) is 5.75 Å². The van der Waals surface area contributed by atoms with Gasteiger partial charge in [0.15, 0.2) is 0 Å². The van der Waals surface area contributed by atoms with Crippen molar-refractivity contribution in [2.24, 2.45) is 11.8 Å². The number of piperidine rings is 1. The molecule has 28 heavy (non-hydrogen) atoms. The molecule has 2 aromatic rings. The van der Waals surface area contributed by atoms with E-state index >= 15 is 0 Å². The maximum atomic E-state index is 13.7. The summed E-state index contributed by atoms with van der Waals surface area (Å²) < 4.78 is 19.4. The molecule has 0 spiro atoms. The Hall–Kier alpha value is -1.87. The molecule has 2 aromatic carbocycles. The topological polar surface area (TPSA) is 12.5 Å². The number of hydrogen-bond acceptors (Lipinski definition) is 2. The summed E-state index contributed by atoms with van der Waals surface area (Å²) in [4.78, 5) is 2.78. The van der Waals surface area contributed by atoms with Crippen LogP contribution in [0.25, 0.3) is 11.1 Å². The van der Waals surface area contributed by atoms with Crippen molar-refractivity contribution in [1.82, 2.24) is 4.90 Å². The lowest BCUT2D eigenvalue weighted by Crippen LogP contribution is -2.43. The van der Waals surface area contributed by atoms with Gasteiger partial charge in [0, 0.05) is 6.04 Å². The van der Waals surface area contributed by atoms with Gasteiger partial charge in [0.2, 0.25) is 0 Å². The molecule has 5 rings (SSSR count). The van der Waals surface area contributed by atoms with Crippen molar-refractivity contribution < 1.29 is 9.13 Å². The molecule has 3 atom stereocenters. The number of halogens is 1. The second-order valence-corrected chi connectivity index (χ2v) is 9.02. The van der Waals surface area contributed by atoms with Gasteiger partial charge >= 0.3 is 0 Å². The quantitative estimate of drug-likeness (QED) is 0.659. The van der Waals surface area contributed by atoms with Crippen LogP contribution < -0.4 is 4.74 Å². The Bertz CT molecular complexity index is 842. The fourth-order valence-corrected chi connectivity index (χ4v) is 6.10. The number of ether oxygens (including phenoxy) is 1. The van der Waals surface area contributed by atoms with Crippen LogP contribution in [-0.2, 0) is 0 Å². The summed E-state index contributed by atoms with van der Waals surface area (Å²) in [7, 11) is 1.76. The Balaban J connectivity index is 1.33. The van der Waals surface area contributed by atoms with Gasteiger partial charge in [-0.2, -0.15) is 0 Å². The standard InChI is InChI=1S/C25H30FNO/c1-28-25-8-7-20(19-3-2-4-22(26)15-19)16-23(25)18-9-11-27(12-10-18)24-14-17-5-6-21(24)13-17/h2-4,7-8,15-18,21,24H,5-6,9-14H2,1H3/t17-,21?,24+/m0/s1. The zero-order valence-electron chi connectivity index (χ0n) is 16.7. The predicted molar refractivity (Wildman–Crippen MR) is 111 cm³/mol. The van der Waals surface area contributed by atoms with E-state index in [9.17, 15) is 4.39 Å². The number of fused-ring (bicyclic) bond motifs is 2.